The summed E-state index contributed by atoms with van der Waals surface area (Å²) in [6, 6.07) is 4.99. The van der Waals surface area contributed by atoms with Gasteiger partial charge in [-0.25, -0.2) is 0 Å². The SMILES string of the molecule is CCc1ccc(C(C)NCC2CCCOC2)s1. The Bertz CT molecular complexity index is 331. The van der Waals surface area contributed by atoms with E-state index in [0.29, 0.717) is 12.0 Å². The fourth-order valence-corrected chi connectivity index (χ4v) is 3.21. The van der Waals surface area contributed by atoms with Crippen LogP contribution < -0.4 is 5.32 Å². The number of aryl methyl sites for hydroxylation is 1. The van der Waals surface area contributed by atoms with Crippen molar-refractivity contribution in [3.8, 4) is 0 Å². The molecule has 0 spiro atoms. The van der Waals surface area contributed by atoms with Gasteiger partial charge in [-0.15, -0.1) is 11.3 Å². The summed E-state index contributed by atoms with van der Waals surface area (Å²) in [5.74, 6) is 0.705. The number of rotatable bonds is 5. The molecule has 1 fully saturated rings. The maximum absolute atomic E-state index is 5.50. The van der Waals surface area contributed by atoms with Gasteiger partial charge in [0.05, 0.1) is 6.61 Å². The summed E-state index contributed by atoms with van der Waals surface area (Å²) in [4.78, 5) is 2.94. The van der Waals surface area contributed by atoms with Crippen LogP contribution in [0.15, 0.2) is 12.1 Å². The molecule has 3 heteroatoms. The van der Waals surface area contributed by atoms with Gasteiger partial charge < -0.3 is 10.1 Å². The smallest absolute Gasteiger partial charge is 0.0506 e. The molecular formula is C14H23NOS. The lowest BCUT2D eigenvalue weighted by Gasteiger charge is -2.24. The van der Waals surface area contributed by atoms with Gasteiger partial charge in [0.2, 0.25) is 0 Å². The molecule has 2 rings (SSSR count). The molecule has 0 aliphatic carbocycles. The average molecular weight is 253 g/mol. The summed E-state index contributed by atoms with van der Waals surface area (Å²) >= 11 is 1.93. The molecule has 0 saturated carbocycles. The molecule has 1 aromatic rings. The highest BCUT2D eigenvalue weighted by Gasteiger charge is 2.15. The Morgan fingerprint density at radius 2 is 2.41 bits per heavy atom. The van der Waals surface area contributed by atoms with Crippen LogP contribution in [0.4, 0.5) is 0 Å². The van der Waals surface area contributed by atoms with E-state index < -0.39 is 0 Å². The van der Waals surface area contributed by atoms with Gasteiger partial charge in [0.1, 0.15) is 0 Å². The summed E-state index contributed by atoms with van der Waals surface area (Å²) in [6.45, 7) is 7.45. The molecule has 1 saturated heterocycles. The molecule has 1 aromatic heterocycles. The van der Waals surface area contributed by atoms with E-state index in [1.165, 1.54) is 22.6 Å². The quantitative estimate of drug-likeness (QED) is 0.868. The Morgan fingerprint density at radius 3 is 3.06 bits per heavy atom. The van der Waals surface area contributed by atoms with E-state index >= 15 is 0 Å². The number of ether oxygens (including phenoxy) is 1. The van der Waals surface area contributed by atoms with Crippen LogP contribution >= 0.6 is 11.3 Å². The van der Waals surface area contributed by atoms with Crippen molar-refractivity contribution in [2.45, 2.75) is 39.2 Å². The van der Waals surface area contributed by atoms with E-state index in [0.717, 1.165) is 26.2 Å². The molecular weight excluding hydrogens is 230 g/mol. The first-order valence-electron chi connectivity index (χ1n) is 6.69. The summed E-state index contributed by atoms with van der Waals surface area (Å²) < 4.78 is 5.50. The molecule has 1 N–H and O–H groups in total. The Labute approximate surface area is 108 Å². The van der Waals surface area contributed by atoms with E-state index in [4.69, 9.17) is 4.74 Å². The first-order valence-corrected chi connectivity index (χ1v) is 7.51. The topological polar surface area (TPSA) is 21.3 Å². The molecule has 2 heterocycles. The van der Waals surface area contributed by atoms with Gasteiger partial charge in [0.25, 0.3) is 0 Å². The van der Waals surface area contributed by atoms with Gasteiger partial charge in [-0.3, -0.25) is 0 Å². The Balaban J connectivity index is 1.77. The van der Waals surface area contributed by atoms with Crippen LogP contribution in [0, 0.1) is 5.92 Å². The monoisotopic (exact) mass is 253 g/mol. The first kappa shape index (κ1) is 13.1. The zero-order chi connectivity index (χ0) is 12.1. The van der Waals surface area contributed by atoms with E-state index in [-0.39, 0.29) is 0 Å². The van der Waals surface area contributed by atoms with E-state index in [1.54, 1.807) is 0 Å². The fraction of sp³-hybridized carbons (Fsp3) is 0.714. The molecule has 17 heavy (non-hydrogen) atoms. The second kappa shape index (κ2) is 6.53. The first-order chi connectivity index (χ1) is 8.29. The number of hydrogen-bond donors (Lipinski definition) is 1. The van der Waals surface area contributed by atoms with Gasteiger partial charge in [0, 0.05) is 28.9 Å². The van der Waals surface area contributed by atoms with Crippen molar-refractivity contribution in [2.24, 2.45) is 5.92 Å². The molecule has 1 aliphatic heterocycles. The van der Waals surface area contributed by atoms with Gasteiger partial charge in [-0.1, -0.05) is 6.92 Å². The maximum Gasteiger partial charge on any atom is 0.0506 e. The van der Waals surface area contributed by atoms with Gasteiger partial charge in [-0.2, -0.15) is 0 Å². The lowest BCUT2D eigenvalue weighted by molar-refractivity contribution is 0.0540. The fourth-order valence-electron chi connectivity index (χ4n) is 2.23. The highest BCUT2D eigenvalue weighted by molar-refractivity contribution is 7.12. The van der Waals surface area contributed by atoms with Crippen LogP contribution in [-0.4, -0.2) is 19.8 Å². The van der Waals surface area contributed by atoms with Crippen LogP contribution in [-0.2, 0) is 11.2 Å². The number of thiophene rings is 1. The predicted molar refractivity (Wildman–Crippen MR) is 73.7 cm³/mol. The highest BCUT2D eigenvalue weighted by Crippen LogP contribution is 2.24. The minimum Gasteiger partial charge on any atom is -0.381 e. The Kier molecular flexibility index (Phi) is 5.01. The van der Waals surface area contributed by atoms with Crippen LogP contribution in [0.5, 0.6) is 0 Å². The summed E-state index contributed by atoms with van der Waals surface area (Å²) in [6.07, 6.45) is 3.68. The second-order valence-corrected chi connectivity index (χ2v) is 6.07. The molecule has 0 amide bonds. The maximum atomic E-state index is 5.50. The summed E-state index contributed by atoms with van der Waals surface area (Å²) in [7, 11) is 0. The minimum atomic E-state index is 0.474. The standard InChI is InChI=1S/C14H23NOS/c1-3-13-6-7-14(17-13)11(2)15-9-12-5-4-8-16-10-12/h6-7,11-12,15H,3-5,8-10H2,1-2H3. The third kappa shape index (κ3) is 3.80. The lowest BCUT2D eigenvalue weighted by Crippen LogP contribution is -2.30. The summed E-state index contributed by atoms with van der Waals surface area (Å²) in [5, 5.41) is 3.64. The van der Waals surface area contributed by atoms with Gasteiger partial charge in [0.15, 0.2) is 0 Å². The highest BCUT2D eigenvalue weighted by atomic mass is 32.1. The Hall–Kier alpha value is -0.380. The van der Waals surface area contributed by atoms with Crippen LogP contribution in [0.2, 0.25) is 0 Å². The van der Waals surface area contributed by atoms with Crippen molar-refractivity contribution in [3.63, 3.8) is 0 Å². The summed E-state index contributed by atoms with van der Waals surface area (Å²) in [5.41, 5.74) is 0. The van der Waals surface area contributed by atoms with Gasteiger partial charge in [-0.05, 0) is 44.2 Å². The molecule has 0 aromatic carbocycles. The van der Waals surface area contributed by atoms with Crippen molar-refractivity contribution in [1.82, 2.24) is 5.32 Å². The van der Waals surface area contributed by atoms with Gasteiger partial charge >= 0.3 is 0 Å². The van der Waals surface area contributed by atoms with Crippen molar-refractivity contribution >= 4 is 11.3 Å². The lowest BCUT2D eigenvalue weighted by atomic mass is 10.0. The predicted octanol–water partition coefficient (Wildman–Crippen LogP) is 3.39. The molecule has 0 radical (unpaired) electrons. The zero-order valence-electron chi connectivity index (χ0n) is 10.9. The molecule has 2 nitrogen and oxygen atoms in total. The van der Waals surface area contributed by atoms with E-state index in [2.05, 4.69) is 31.3 Å². The normalized spacial score (nSPS) is 22.6. The third-order valence-electron chi connectivity index (χ3n) is 3.42. The number of hydrogen-bond acceptors (Lipinski definition) is 3. The largest absolute Gasteiger partial charge is 0.381 e. The van der Waals surface area contributed by atoms with Crippen LogP contribution in [0.25, 0.3) is 0 Å². The van der Waals surface area contributed by atoms with Crippen LogP contribution in [0.1, 0.15) is 42.5 Å². The molecule has 1 aliphatic rings. The average Bonchev–Trinajstić information content (AvgIpc) is 2.86. The van der Waals surface area contributed by atoms with Crippen molar-refractivity contribution in [2.75, 3.05) is 19.8 Å². The number of nitrogens with one attached hydrogen (secondary N) is 1. The van der Waals surface area contributed by atoms with E-state index in [1.807, 2.05) is 11.3 Å². The van der Waals surface area contributed by atoms with Crippen molar-refractivity contribution in [3.05, 3.63) is 21.9 Å². The molecule has 96 valence electrons. The van der Waals surface area contributed by atoms with Crippen molar-refractivity contribution < 1.29 is 4.74 Å². The van der Waals surface area contributed by atoms with Crippen LogP contribution in [0.3, 0.4) is 0 Å². The second-order valence-electron chi connectivity index (χ2n) is 4.87. The van der Waals surface area contributed by atoms with E-state index in [9.17, 15) is 0 Å². The molecule has 2 unspecified atom stereocenters. The molecule has 2 atom stereocenters. The Morgan fingerprint density at radius 1 is 1.53 bits per heavy atom. The third-order valence-corrected chi connectivity index (χ3v) is 4.84. The van der Waals surface area contributed by atoms with Crippen molar-refractivity contribution in [1.29, 1.82) is 0 Å². The minimum absolute atomic E-state index is 0.474. The zero-order valence-corrected chi connectivity index (χ0v) is 11.7. The molecule has 0 bridgehead atoms.